The summed E-state index contributed by atoms with van der Waals surface area (Å²) in [7, 11) is 0. The lowest BCUT2D eigenvalue weighted by Crippen LogP contribution is -2.39. The van der Waals surface area contributed by atoms with E-state index in [4.69, 9.17) is 4.74 Å². The van der Waals surface area contributed by atoms with Crippen LogP contribution in [0.25, 0.3) is 0 Å². The standard InChI is InChI=1S/C16H22N4O/c1-11-5-4-6-14(17-11)9-20-7-8-21-10-15(20)16-12(2)18-19-13(16)3/h4-6,15H,7-10H2,1-3H3,(H,18,19). The van der Waals surface area contributed by atoms with Gasteiger partial charge in [0.1, 0.15) is 0 Å². The van der Waals surface area contributed by atoms with E-state index in [1.807, 2.05) is 13.0 Å². The molecular formula is C16H22N4O. The molecule has 1 saturated heterocycles. The van der Waals surface area contributed by atoms with Gasteiger partial charge in [0, 0.05) is 30.0 Å². The van der Waals surface area contributed by atoms with Crippen molar-refractivity contribution in [3.63, 3.8) is 0 Å². The van der Waals surface area contributed by atoms with E-state index >= 15 is 0 Å². The number of aromatic amines is 1. The van der Waals surface area contributed by atoms with Crippen molar-refractivity contribution in [2.75, 3.05) is 19.8 Å². The average Bonchev–Trinajstić information content (AvgIpc) is 2.79. The van der Waals surface area contributed by atoms with E-state index in [0.717, 1.165) is 42.5 Å². The number of ether oxygens (including phenoxy) is 1. The summed E-state index contributed by atoms with van der Waals surface area (Å²) in [5.41, 5.74) is 5.63. The van der Waals surface area contributed by atoms with Crippen molar-refractivity contribution in [2.24, 2.45) is 0 Å². The molecule has 1 aliphatic rings. The predicted octanol–water partition coefficient (Wildman–Crippen LogP) is 2.30. The van der Waals surface area contributed by atoms with Crippen LogP contribution in [-0.4, -0.2) is 39.8 Å². The fraction of sp³-hybridized carbons (Fsp3) is 0.500. The van der Waals surface area contributed by atoms with Crippen molar-refractivity contribution in [2.45, 2.75) is 33.4 Å². The number of hydrogen-bond acceptors (Lipinski definition) is 4. The number of rotatable bonds is 3. The van der Waals surface area contributed by atoms with Crippen LogP contribution in [0.2, 0.25) is 0 Å². The number of aromatic nitrogens is 3. The zero-order valence-electron chi connectivity index (χ0n) is 12.9. The van der Waals surface area contributed by atoms with E-state index in [1.54, 1.807) is 0 Å². The number of nitrogens with one attached hydrogen (secondary N) is 1. The Labute approximate surface area is 125 Å². The number of nitrogens with zero attached hydrogens (tertiary/aromatic N) is 3. The van der Waals surface area contributed by atoms with Crippen molar-refractivity contribution < 1.29 is 4.74 Å². The summed E-state index contributed by atoms with van der Waals surface area (Å²) < 4.78 is 5.70. The highest BCUT2D eigenvalue weighted by Crippen LogP contribution is 2.29. The molecule has 0 saturated carbocycles. The molecule has 0 aromatic carbocycles. The number of morpholine rings is 1. The maximum Gasteiger partial charge on any atom is 0.0665 e. The van der Waals surface area contributed by atoms with Crippen LogP contribution in [0, 0.1) is 20.8 Å². The van der Waals surface area contributed by atoms with Gasteiger partial charge in [0.15, 0.2) is 0 Å². The van der Waals surface area contributed by atoms with Gasteiger partial charge in [-0.1, -0.05) is 6.07 Å². The maximum absolute atomic E-state index is 5.70. The van der Waals surface area contributed by atoms with Crippen LogP contribution in [0.1, 0.15) is 34.4 Å². The average molecular weight is 286 g/mol. The summed E-state index contributed by atoms with van der Waals surface area (Å²) in [5.74, 6) is 0. The molecule has 0 amide bonds. The monoisotopic (exact) mass is 286 g/mol. The number of H-pyrrole nitrogens is 1. The van der Waals surface area contributed by atoms with Crippen LogP contribution in [0.15, 0.2) is 18.2 Å². The fourth-order valence-electron chi connectivity index (χ4n) is 3.04. The van der Waals surface area contributed by atoms with Crippen molar-refractivity contribution in [3.05, 3.63) is 46.5 Å². The first kappa shape index (κ1) is 14.2. The quantitative estimate of drug-likeness (QED) is 0.940. The minimum Gasteiger partial charge on any atom is -0.378 e. The summed E-state index contributed by atoms with van der Waals surface area (Å²) in [6, 6.07) is 6.45. The molecule has 3 rings (SSSR count). The minimum absolute atomic E-state index is 0.250. The lowest BCUT2D eigenvalue weighted by atomic mass is 10.0. The van der Waals surface area contributed by atoms with Gasteiger partial charge < -0.3 is 4.74 Å². The third-order valence-electron chi connectivity index (χ3n) is 4.07. The van der Waals surface area contributed by atoms with Crippen LogP contribution in [0.3, 0.4) is 0 Å². The van der Waals surface area contributed by atoms with Gasteiger partial charge in [0.05, 0.1) is 30.6 Å². The SMILES string of the molecule is Cc1cccc(CN2CCOCC2c2c(C)n[nH]c2C)n1. The second-order valence-electron chi connectivity index (χ2n) is 5.68. The Bertz CT molecular complexity index is 603. The van der Waals surface area contributed by atoms with Gasteiger partial charge in [-0.2, -0.15) is 5.10 Å². The Morgan fingerprint density at radius 2 is 2.19 bits per heavy atom. The van der Waals surface area contributed by atoms with Crippen molar-refractivity contribution in [1.82, 2.24) is 20.1 Å². The van der Waals surface area contributed by atoms with Crippen LogP contribution < -0.4 is 0 Å². The van der Waals surface area contributed by atoms with E-state index < -0.39 is 0 Å². The molecule has 0 bridgehead atoms. The van der Waals surface area contributed by atoms with Gasteiger partial charge in [0.25, 0.3) is 0 Å². The molecule has 1 N–H and O–H groups in total. The lowest BCUT2D eigenvalue weighted by Gasteiger charge is -2.35. The first-order valence-electron chi connectivity index (χ1n) is 7.41. The summed E-state index contributed by atoms with van der Waals surface area (Å²) in [4.78, 5) is 7.06. The molecule has 1 atom stereocenters. The Balaban J connectivity index is 1.85. The number of pyridine rings is 1. The molecule has 1 unspecified atom stereocenters. The molecule has 112 valence electrons. The highest BCUT2D eigenvalue weighted by Gasteiger charge is 2.28. The van der Waals surface area contributed by atoms with Crippen molar-refractivity contribution in [1.29, 1.82) is 0 Å². The van der Waals surface area contributed by atoms with E-state index in [2.05, 4.69) is 46.1 Å². The van der Waals surface area contributed by atoms with Crippen LogP contribution in [0.4, 0.5) is 0 Å². The molecule has 2 aromatic heterocycles. The predicted molar refractivity (Wildman–Crippen MR) is 81.0 cm³/mol. The zero-order chi connectivity index (χ0) is 14.8. The van der Waals surface area contributed by atoms with Crippen molar-refractivity contribution >= 4 is 0 Å². The maximum atomic E-state index is 5.70. The summed E-state index contributed by atoms with van der Waals surface area (Å²) in [6.07, 6.45) is 0. The summed E-state index contributed by atoms with van der Waals surface area (Å²) >= 11 is 0. The van der Waals surface area contributed by atoms with Gasteiger partial charge in [-0.05, 0) is 32.9 Å². The molecule has 0 spiro atoms. The van der Waals surface area contributed by atoms with Crippen LogP contribution in [0.5, 0.6) is 0 Å². The first-order chi connectivity index (χ1) is 10.1. The second kappa shape index (κ2) is 5.95. The lowest BCUT2D eigenvalue weighted by molar-refractivity contribution is -0.0137. The van der Waals surface area contributed by atoms with Gasteiger partial charge in [0.2, 0.25) is 0 Å². The van der Waals surface area contributed by atoms with Gasteiger partial charge >= 0.3 is 0 Å². The van der Waals surface area contributed by atoms with Gasteiger partial charge in [-0.15, -0.1) is 0 Å². The third-order valence-corrected chi connectivity index (χ3v) is 4.07. The molecule has 2 aromatic rings. The van der Waals surface area contributed by atoms with E-state index in [-0.39, 0.29) is 6.04 Å². The molecule has 1 fully saturated rings. The molecule has 5 heteroatoms. The molecule has 5 nitrogen and oxygen atoms in total. The highest BCUT2D eigenvalue weighted by atomic mass is 16.5. The Morgan fingerprint density at radius 3 is 2.90 bits per heavy atom. The van der Waals surface area contributed by atoms with Crippen molar-refractivity contribution in [3.8, 4) is 0 Å². The smallest absolute Gasteiger partial charge is 0.0665 e. The Morgan fingerprint density at radius 1 is 1.33 bits per heavy atom. The molecule has 21 heavy (non-hydrogen) atoms. The Kier molecular flexibility index (Phi) is 4.03. The topological polar surface area (TPSA) is 54.0 Å². The normalized spacial score (nSPS) is 19.9. The molecular weight excluding hydrogens is 264 g/mol. The summed E-state index contributed by atoms with van der Waals surface area (Å²) in [6.45, 7) is 9.42. The third kappa shape index (κ3) is 2.99. The highest BCUT2D eigenvalue weighted by molar-refractivity contribution is 5.28. The van der Waals surface area contributed by atoms with Crippen LogP contribution >= 0.6 is 0 Å². The molecule has 0 radical (unpaired) electrons. The largest absolute Gasteiger partial charge is 0.378 e. The minimum atomic E-state index is 0.250. The van der Waals surface area contributed by atoms with E-state index in [1.165, 1.54) is 5.56 Å². The second-order valence-corrected chi connectivity index (χ2v) is 5.68. The fourth-order valence-corrected chi connectivity index (χ4v) is 3.04. The zero-order valence-corrected chi connectivity index (χ0v) is 12.9. The first-order valence-corrected chi connectivity index (χ1v) is 7.41. The summed E-state index contributed by atoms with van der Waals surface area (Å²) in [5, 5.41) is 7.40. The molecule has 0 aliphatic carbocycles. The van der Waals surface area contributed by atoms with Gasteiger partial charge in [-0.25, -0.2) is 0 Å². The number of aryl methyl sites for hydroxylation is 3. The molecule has 1 aliphatic heterocycles. The van der Waals surface area contributed by atoms with E-state index in [9.17, 15) is 0 Å². The Hall–Kier alpha value is -1.72. The molecule has 3 heterocycles. The number of hydrogen-bond donors (Lipinski definition) is 1. The van der Waals surface area contributed by atoms with Crippen LogP contribution in [-0.2, 0) is 11.3 Å². The van der Waals surface area contributed by atoms with Gasteiger partial charge in [-0.3, -0.25) is 15.0 Å². The van der Waals surface area contributed by atoms with E-state index in [0.29, 0.717) is 6.61 Å².